The summed E-state index contributed by atoms with van der Waals surface area (Å²) in [6, 6.07) is 12.4. The summed E-state index contributed by atoms with van der Waals surface area (Å²) in [6.45, 7) is 0.0202. The Hall–Kier alpha value is -2.20. The topological polar surface area (TPSA) is 64.7 Å². The number of methoxy groups -OCH3 is 1. The summed E-state index contributed by atoms with van der Waals surface area (Å²) in [5.74, 6) is 1.94. The molecular formula is C14H15NO3. The van der Waals surface area contributed by atoms with Gasteiger partial charge in [-0.05, 0) is 17.7 Å². The number of anilines is 1. The van der Waals surface area contributed by atoms with Crippen molar-refractivity contribution in [1.29, 1.82) is 0 Å². The van der Waals surface area contributed by atoms with E-state index in [1.165, 1.54) is 0 Å². The Bertz CT molecular complexity index is 523. The molecule has 0 heterocycles. The minimum atomic E-state index is 0.0202. The summed E-state index contributed by atoms with van der Waals surface area (Å²) in [4.78, 5) is 0. The van der Waals surface area contributed by atoms with Gasteiger partial charge >= 0.3 is 0 Å². The number of ether oxygens (including phenoxy) is 2. The van der Waals surface area contributed by atoms with Gasteiger partial charge in [-0.1, -0.05) is 12.1 Å². The maximum Gasteiger partial charge on any atom is 0.133 e. The summed E-state index contributed by atoms with van der Waals surface area (Å²) in [6.07, 6.45) is 0. The number of benzene rings is 2. The fourth-order valence-electron chi connectivity index (χ4n) is 1.57. The number of nitrogens with two attached hydrogens (primary N) is 1. The van der Waals surface area contributed by atoms with E-state index in [-0.39, 0.29) is 6.61 Å². The molecule has 4 heteroatoms. The average Bonchev–Trinajstić information content (AvgIpc) is 2.39. The molecular weight excluding hydrogens is 230 g/mol. The fraction of sp³-hybridized carbons (Fsp3) is 0.143. The smallest absolute Gasteiger partial charge is 0.133 e. The summed E-state index contributed by atoms with van der Waals surface area (Å²) >= 11 is 0. The molecule has 0 aliphatic carbocycles. The Labute approximate surface area is 106 Å². The lowest BCUT2D eigenvalue weighted by Crippen LogP contribution is -1.91. The second-order valence-electron chi connectivity index (χ2n) is 3.85. The maximum absolute atomic E-state index is 8.95. The summed E-state index contributed by atoms with van der Waals surface area (Å²) < 4.78 is 10.8. The number of hydrogen-bond acceptors (Lipinski definition) is 4. The van der Waals surface area contributed by atoms with Crippen molar-refractivity contribution in [1.82, 2.24) is 0 Å². The van der Waals surface area contributed by atoms with Crippen LogP contribution in [0.3, 0.4) is 0 Å². The van der Waals surface area contributed by atoms with E-state index in [2.05, 4.69) is 0 Å². The molecule has 0 spiro atoms. The van der Waals surface area contributed by atoms with Crippen LogP contribution < -0.4 is 15.2 Å². The third-order valence-electron chi connectivity index (χ3n) is 2.48. The van der Waals surface area contributed by atoms with Gasteiger partial charge in [-0.2, -0.15) is 0 Å². The van der Waals surface area contributed by atoms with Crippen LogP contribution >= 0.6 is 0 Å². The number of rotatable bonds is 4. The van der Waals surface area contributed by atoms with E-state index in [1.54, 1.807) is 49.6 Å². The van der Waals surface area contributed by atoms with Crippen molar-refractivity contribution in [3.63, 3.8) is 0 Å². The lowest BCUT2D eigenvalue weighted by molar-refractivity contribution is 0.281. The molecule has 0 aromatic heterocycles. The highest BCUT2D eigenvalue weighted by molar-refractivity contribution is 5.51. The SMILES string of the molecule is COc1cc(N)cc(Oc2ccc(CO)cc2)c1. The van der Waals surface area contributed by atoms with E-state index in [4.69, 9.17) is 20.3 Å². The number of aliphatic hydroxyl groups excluding tert-OH is 1. The van der Waals surface area contributed by atoms with E-state index in [0.717, 1.165) is 5.56 Å². The van der Waals surface area contributed by atoms with Crippen LogP contribution in [-0.2, 0) is 6.61 Å². The van der Waals surface area contributed by atoms with Crippen LogP contribution in [0.1, 0.15) is 5.56 Å². The van der Waals surface area contributed by atoms with Crippen molar-refractivity contribution in [2.45, 2.75) is 6.61 Å². The molecule has 0 amide bonds. The highest BCUT2D eigenvalue weighted by atomic mass is 16.5. The summed E-state index contributed by atoms with van der Waals surface area (Å²) in [5, 5.41) is 8.95. The Morgan fingerprint density at radius 2 is 1.67 bits per heavy atom. The molecule has 3 N–H and O–H groups in total. The molecule has 0 aliphatic heterocycles. The first kappa shape index (κ1) is 12.3. The van der Waals surface area contributed by atoms with Crippen LogP contribution in [0.15, 0.2) is 42.5 Å². The molecule has 2 aromatic carbocycles. The van der Waals surface area contributed by atoms with Gasteiger partial charge in [0.25, 0.3) is 0 Å². The third kappa shape index (κ3) is 2.93. The van der Waals surface area contributed by atoms with Gasteiger partial charge in [0.15, 0.2) is 0 Å². The van der Waals surface area contributed by atoms with Crippen LogP contribution in [0, 0.1) is 0 Å². The second kappa shape index (κ2) is 5.42. The minimum absolute atomic E-state index is 0.0202. The lowest BCUT2D eigenvalue weighted by Gasteiger charge is -2.09. The van der Waals surface area contributed by atoms with E-state index in [1.807, 2.05) is 0 Å². The first-order valence-corrected chi connectivity index (χ1v) is 5.53. The summed E-state index contributed by atoms with van der Waals surface area (Å²) in [5.41, 5.74) is 7.16. The van der Waals surface area contributed by atoms with E-state index in [9.17, 15) is 0 Å². The number of hydrogen-bond donors (Lipinski definition) is 2. The first-order valence-electron chi connectivity index (χ1n) is 5.53. The minimum Gasteiger partial charge on any atom is -0.497 e. The monoisotopic (exact) mass is 245 g/mol. The molecule has 2 rings (SSSR count). The van der Waals surface area contributed by atoms with Gasteiger partial charge in [0.1, 0.15) is 17.2 Å². The van der Waals surface area contributed by atoms with Crippen molar-refractivity contribution in [2.75, 3.05) is 12.8 Å². The van der Waals surface area contributed by atoms with E-state index in [0.29, 0.717) is 22.9 Å². The molecule has 0 radical (unpaired) electrons. The Morgan fingerprint density at radius 1 is 1.00 bits per heavy atom. The van der Waals surface area contributed by atoms with Crippen LogP contribution in [0.5, 0.6) is 17.2 Å². The van der Waals surface area contributed by atoms with Gasteiger partial charge in [0, 0.05) is 23.9 Å². The van der Waals surface area contributed by atoms with Crippen LogP contribution in [-0.4, -0.2) is 12.2 Å². The molecule has 0 aliphatic rings. The third-order valence-corrected chi connectivity index (χ3v) is 2.48. The number of aliphatic hydroxyl groups is 1. The fourth-order valence-corrected chi connectivity index (χ4v) is 1.57. The van der Waals surface area contributed by atoms with Crippen molar-refractivity contribution < 1.29 is 14.6 Å². The molecule has 0 fully saturated rings. The van der Waals surface area contributed by atoms with E-state index >= 15 is 0 Å². The first-order chi connectivity index (χ1) is 8.71. The molecule has 0 unspecified atom stereocenters. The Morgan fingerprint density at radius 3 is 2.28 bits per heavy atom. The van der Waals surface area contributed by atoms with Crippen molar-refractivity contribution in [3.05, 3.63) is 48.0 Å². The van der Waals surface area contributed by atoms with Gasteiger partial charge in [-0.3, -0.25) is 0 Å². The lowest BCUT2D eigenvalue weighted by atomic mass is 10.2. The zero-order valence-corrected chi connectivity index (χ0v) is 10.1. The molecule has 0 saturated carbocycles. The zero-order chi connectivity index (χ0) is 13.0. The molecule has 2 aromatic rings. The molecule has 4 nitrogen and oxygen atoms in total. The predicted octanol–water partition coefficient (Wildman–Crippen LogP) is 2.56. The molecule has 0 bridgehead atoms. The molecule has 18 heavy (non-hydrogen) atoms. The Kier molecular flexibility index (Phi) is 3.69. The number of nitrogen functional groups attached to an aromatic ring is 1. The van der Waals surface area contributed by atoms with Crippen LogP contribution in [0.2, 0.25) is 0 Å². The highest BCUT2D eigenvalue weighted by Gasteiger charge is 2.02. The van der Waals surface area contributed by atoms with Crippen molar-refractivity contribution >= 4 is 5.69 Å². The van der Waals surface area contributed by atoms with Gasteiger partial charge in [0.05, 0.1) is 13.7 Å². The molecule has 94 valence electrons. The maximum atomic E-state index is 8.95. The Balaban J connectivity index is 2.19. The van der Waals surface area contributed by atoms with Crippen molar-refractivity contribution in [3.8, 4) is 17.2 Å². The average molecular weight is 245 g/mol. The van der Waals surface area contributed by atoms with Gasteiger partial charge < -0.3 is 20.3 Å². The summed E-state index contributed by atoms with van der Waals surface area (Å²) in [7, 11) is 1.58. The second-order valence-corrected chi connectivity index (χ2v) is 3.85. The quantitative estimate of drug-likeness (QED) is 0.812. The van der Waals surface area contributed by atoms with Crippen LogP contribution in [0.4, 0.5) is 5.69 Å². The van der Waals surface area contributed by atoms with Gasteiger partial charge in [-0.15, -0.1) is 0 Å². The molecule has 0 saturated heterocycles. The predicted molar refractivity (Wildman–Crippen MR) is 69.8 cm³/mol. The zero-order valence-electron chi connectivity index (χ0n) is 10.1. The highest BCUT2D eigenvalue weighted by Crippen LogP contribution is 2.28. The van der Waals surface area contributed by atoms with E-state index < -0.39 is 0 Å². The largest absolute Gasteiger partial charge is 0.497 e. The van der Waals surface area contributed by atoms with Gasteiger partial charge in [-0.25, -0.2) is 0 Å². The van der Waals surface area contributed by atoms with Gasteiger partial charge in [0.2, 0.25) is 0 Å². The molecule has 0 atom stereocenters. The van der Waals surface area contributed by atoms with Crippen molar-refractivity contribution in [2.24, 2.45) is 0 Å². The standard InChI is InChI=1S/C14H15NO3/c1-17-13-6-11(15)7-14(8-13)18-12-4-2-10(9-16)3-5-12/h2-8,16H,9,15H2,1H3. The van der Waals surface area contributed by atoms with Crippen LogP contribution in [0.25, 0.3) is 0 Å². The normalized spacial score (nSPS) is 10.1.